The lowest BCUT2D eigenvalue weighted by Crippen LogP contribution is -2.26. The average molecular weight is 267 g/mol. The van der Waals surface area contributed by atoms with Crippen LogP contribution in [0.15, 0.2) is 22.1 Å². The highest BCUT2D eigenvalue weighted by molar-refractivity contribution is 6.01. The molecule has 0 unspecified atom stereocenters. The van der Waals surface area contributed by atoms with Crippen LogP contribution in [0.5, 0.6) is 5.75 Å². The van der Waals surface area contributed by atoms with Crippen LogP contribution in [0.25, 0.3) is 0 Å². The number of methoxy groups -OCH3 is 1. The molecule has 6 N–H and O–H groups in total. The van der Waals surface area contributed by atoms with Gasteiger partial charge in [0.25, 0.3) is 0 Å². The zero-order valence-corrected chi connectivity index (χ0v) is 10.5. The van der Waals surface area contributed by atoms with Crippen molar-refractivity contribution in [2.75, 3.05) is 7.11 Å². The highest BCUT2D eigenvalue weighted by atomic mass is 19.1. The quantitative estimate of drug-likeness (QED) is 0.411. The van der Waals surface area contributed by atoms with E-state index in [9.17, 15) is 9.18 Å². The van der Waals surface area contributed by atoms with Gasteiger partial charge in [-0.1, -0.05) is 0 Å². The first kappa shape index (κ1) is 14.4. The summed E-state index contributed by atoms with van der Waals surface area (Å²) in [5.74, 6) is -1.64. The molecular formula is C11H14FN5O2. The molecule has 0 bridgehead atoms. The Labute approximate surface area is 109 Å². The molecule has 0 atom stereocenters. The number of hydrogen-bond donors (Lipinski definition) is 3. The molecule has 19 heavy (non-hydrogen) atoms. The standard InChI is InChI=1S/C11H14FN5O2/c1-5(18)6-3-9(19-2)7(12)4-8(6)16-11(15)17-10(13)14/h3-4H,1-2H3,(H6,13,14,15,16,17). The SMILES string of the molecule is COc1cc(C(C)=O)c(N=C(N)N=C(N)N)cc1F. The third-order valence-corrected chi connectivity index (χ3v) is 2.13. The van der Waals surface area contributed by atoms with Crippen LogP contribution in [0.3, 0.4) is 0 Å². The molecule has 7 nitrogen and oxygen atoms in total. The normalized spacial score (nSPS) is 11.0. The molecule has 0 saturated heterocycles. The Morgan fingerprint density at radius 3 is 2.42 bits per heavy atom. The van der Waals surface area contributed by atoms with Crippen LogP contribution in [0.2, 0.25) is 0 Å². The van der Waals surface area contributed by atoms with Gasteiger partial charge in [0.05, 0.1) is 12.8 Å². The Morgan fingerprint density at radius 2 is 1.95 bits per heavy atom. The number of hydrogen-bond acceptors (Lipinski definition) is 3. The predicted molar refractivity (Wildman–Crippen MR) is 70.0 cm³/mol. The number of ketones is 1. The zero-order chi connectivity index (χ0) is 14.6. The third-order valence-electron chi connectivity index (χ3n) is 2.13. The van der Waals surface area contributed by atoms with E-state index < -0.39 is 5.82 Å². The maximum Gasteiger partial charge on any atom is 0.223 e. The molecule has 0 aliphatic heterocycles. The topological polar surface area (TPSA) is 129 Å². The van der Waals surface area contributed by atoms with Gasteiger partial charge in [-0.2, -0.15) is 4.99 Å². The number of nitrogens with two attached hydrogens (primary N) is 3. The second-order valence-corrected chi connectivity index (χ2v) is 3.57. The van der Waals surface area contributed by atoms with Crippen molar-refractivity contribution < 1.29 is 13.9 Å². The van der Waals surface area contributed by atoms with Crippen molar-refractivity contribution in [1.29, 1.82) is 0 Å². The highest BCUT2D eigenvalue weighted by Crippen LogP contribution is 2.28. The van der Waals surface area contributed by atoms with Gasteiger partial charge in [-0.05, 0) is 13.0 Å². The Kier molecular flexibility index (Phi) is 4.41. The minimum Gasteiger partial charge on any atom is -0.494 e. The Hall–Kier alpha value is -2.64. The van der Waals surface area contributed by atoms with Crippen LogP contribution in [0.4, 0.5) is 10.1 Å². The minimum absolute atomic E-state index is 0.0216. The number of aliphatic imine (C=N–C) groups is 2. The van der Waals surface area contributed by atoms with E-state index in [-0.39, 0.29) is 34.7 Å². The zero-order valence-electron chi connectivity index (χ0n) is 10.5. The van der Waals surface area contributed by atoms with Crippen molar-refractivity contribution in [1.82, 2.24) is 0 Å². The van der Waals surface area contributed by atoms with E-state index in [4.69, 9.17) is 21.9 Å². The number of rotatable bonds is 3. The molecule has 0 amide bonds. The summed E-state index contributed by atoms with van der Waals surface area (Å²) in [5, 5.41) is 0. The van der Waals surface area contributed by atoms with Crippen molar-refractivity contribution in [2.24, 2.45) is 27.2 Å². The monoisotopic (exact) mass is 267 g/mol. The van der Waals surface area contributed by atoms with Gasteiger partial charge in [-0.15, -0.1) is 0 Å². The summed E-state index contributed by atoms with van der Waals surface area (Å²) in [5.41, 5.74) is 15.9. The molecule has 0 aliphatic rings. The summed E-state index contributed by atoms with van der Waals surface area (Å²) >= 11 is 0. The van der Waals surface area contributed by atoms with E-state index in [1.54, 1.807) is 0 Å². The van der Waals surface area contributed by atoms with Crippen molar-refractivity contribution >= 4 is 23.4 Å². The first-order valence-electron chi connectivity index (χ1n) is 5.17. The fraction of sp³-hybridized carbons (Fsp3) is 0.182. The molecular weight excluding hydrogens is 253 g/mol. The smallest absolute Gasteiger partial charge is 0.223 e. The molecule has 0 aliphatic carbocycles. The summed E-state index contributed by atoms with van der Waals surface area (Å²) in [6, 6.07) is 2.25. The van der Waals surface area contributed by atoms with Crippen LogP contribution in [0.1, 0.15) is 17.3 Å². The van der Waals surface area contributed by atoms with E-state index >= 15 is 0 Å². The lowest BCUT2D eigenvalue weighted by molar-refractivity contribution is 0.101. The fourth-order valence-corrected chi connectivity index (χ4v) is 1.35. The number of guanidine groups is 2. The molecule has 0 aromatic heterocycles. The van der Waals surface area contributed by atoms with Crippen molar-refractivity contribution in [2.45, 2.75) is 6.92 Å². The largest absolute Gasteiger partial charge is 0.494 e. The lowest BCUT2D eigenvalue weighted by atomic mass is 10.1. The van der Waals surface area contributed by atoms with Gasteiger partial charge >= 0.3 is 0 Å². The number of halogens is 1. The third kappa shape index (κ3) is 3.66. The number of ether oxygens (including phenoxy) is 1. The summed E-state index contributed by atoms with van der Waals surface area (Å²) < 4.78 is 18.4. The number of benzene rings is 1. The molecule has 0 radical (unpaired) electrons. The van der Waals surface area contributed by atoms with Crippen molar-refractivity contribution in [3.8, 4) is 5.75 Å². The Balaban J connectivity index is 3.38. The summed E-state index contributed by atoms with van der Waals surface area (Å²) in [6.45, 7) is 1.31. The van der Waals surface area contributed by atoms with Crippen LogP contribution in [-0.2, 0) is 0 Å². The van der Waals surface area contributed by atoms with Gasteiger partial charge in [-0.3, -0.25) is 4.79 Å². The van der Waals surface area contributed by atoms with E-state index in [0.717, 1.165) is 6.07 Å². The first-order valence-corrected chi connectivity index (χ1v) is 5.17. The maximum atomic E-state index is 13.6. The molecule has 1 rings (SSSR count). The molecule has 0 spiro atoms. The van der Waals surface area contributed by atoms with Crippen molar-refractivity contribution in [3.63, 3.8) is 0 Å². The number of nitrogens with zero attached hydrogens (tertiary/aromatic N) is 2. The van der Waals surface area contributed by atoms with Crippen LogP contribution < -0.4 is 21.9 Å². The van der Waals surface area contributed by atoms with Gasteiger partial charge in [0.15, 0.2) is 23.3 Å². The van der Waals surface area contributed by atoms with E-state index in [1.807, 2.05) is 0 Å². The summed E-state index contributed by atoms with van der Waals surface area (Å²) in [7, 11) is 1.29. The number of carbonyl (C=O) groups is 1. The van der Waals surface area contributed by atoms with Crippen molar-refractivity contribution in [3.05, 3.63) is 23.5 Å². The van der Waals surface area contributed by atoms with Gasteiger partial charge in [0.1, 0.15) is 0 Å². The fourth-order valence-electron chi connectivity index (χ4n) is 1.35. The lowest BCUT2D eigenvalue weighted by Gasteiger charge is -2.07. The maximum absolute atomic E-state index is 13.6. The molecule has 1 aromatic rings. The van der Waals surface area contributed by atoms with E-state index in [2.05, 4.69) is 9.98 Å². The van der Waals surface area contributed by atoms with Gasteiger partial charge < -0.3 is 21.9 Å². The molecule has 102 valence electrons. The van der Waals surface area contributed by atoms with Crippen LogP contribution in [0, 0.1) is 5.82 Å². The minimum atomic E-state index is -0.677. The predicted octanol–water partition coefficient (Wildman–Crippen LogP) is 0.257. The first-order chi connectivity index (χ1) is 8.85. The van der Waals surface area contributed by atoms with Gasteiger partial charge in [0, 0.05) is 11.6 Å². The molecule has 1 aromatic carbocycles. The Bertz CT molecular complexity index is 564. The van der Waals surface area contributed by atoms with Crippen LogP contribution >= 0.6 is 0 Å². The van der Waals surface area contributed by atoms with Crippen LogP contribution in [-0.4, -0.2) is 24.8 Å². The Morgan fingerprint density at radius 1 is 1.32 bits per heavy atom. The highest BCUT2D eigenvalue weighted by Gasteiger charge is 2.13. The summed E-state index contributed by atoms with van der Waals surface area (Å²) in [6.07, 6.45) is 0. The molecule has 0 fully saturated rings. The average Bonchev–Trinajstić information content (AvgIpc) is 2.27. The molecule has 8 heteroatoms. The van der Waals surface area contributed by atoms with E-state index in [0.29, 0.717) is 0 Å². The van der Waals surface area contributed by atoms with Gasteiger partial charge in [-0.25, -0.2) is 9.38 Å². The second kappa shape index (κ2) is 5.80. The summed E-state index contributed by atoms with van der Waals surface area (Å²) in [4.78, 5) is 18.7. The molecule has 0 saturated carbocycles. The number of Topliss-reactive ketones (excluding diaryl/α,β-unsaturated/α-hetero) is 1. The van der Waals surface area contributed by atoms with E-state index in [1.165, 1.54) is 20.1 Å². The second-order valence-electron chi connectivity index (χ2n) is 3.57. The number of carbonyl (C=O) groups excluding carboxylic acids is 1. The van der Waals surface area contributed by atoms with Gasteiger partial charge in [0.2, 0.25) is 5.96 Å². The molecule has 0 heterocycles.